The molecule has 1 aliphatic heterocycles. The maximum Gasteiger partial charge on any atom is 0.338 e. The molecule has 0 fully saturated rings. The first-order chi connectivity index (χ1) is 18.3. The Balaban J connectivity index is 1.96. The van der Waals surface area contributed by atoms with Crippen molar-refractivity contribution in [3.63, 3.8) is 0 Å². The lowest BCUT2D eigenvalue weighted by atomic mass is 9.95. The van der Waals surface area contributed by atoms with Gasteiger partial charge in [-0.15, -0.1) is 0 Å². The standard InChI is InChI=1S/C27H27BrN2O7S/c1-7-37-26(32)22-14(2)29-27-30(23(22)16-8-9-18(33-3)19(13-16)34-4)25(31)21(38-27)12-15-10-17(28)24(36-6)20(11-15)35-5/h8-13,23H,7H2,1-6H3/b21-12+/t23-/m0/s1. The van der Waals surface area contributed by atoms with E-state index < -0.39 is 12.0 Å². The van der Waals surface area contributed by atoms with Gasteiger partial charge < -0.3 is 23.7 Å². The molecule has 0 N–H and O–H groups in total. The van der Waals surface area contributed by atoms with Crippen LogP contribution >= 0.6 is 27.3 Å². The Hall–Kier alpha value is -3.57. The van der Waals surface area contributed by atoms with E-state index in [4.69, 9.17) is 23.7 Å². The SMILES string of the molecule is CCOC(=O)C1=C(C)N=c2s/c(=C/c3cc(Br)c(OC)c(OC)c3)c(=O)n2[C@H]1c1ccc(OC)c(OC)c1. The lowest BCUT2D eigenvalue weighted by molar-refractivity contribution is -0.139. The molecule has 0 aliphatic carbocycles. The van der Waals surface area contributed by atoms with Gasteiger partial charge in [0.1, 0.15) is 0 Å². The van der Waals surface area contributed by atoms with Crippen LogP contribution in [0.5, 0.6) is 23.0 Å². The Morgan fingerprint density at radius 2 is 1.76 bits per heavy atom. The molecule has 1 aromatic heterocycles. The Kier molecular flexibility index (Phi) is 8.27. The second-order valence-electron chi connectivity index (χ2n) is 8.15. The number of fused-ring (bicyclic) bond motifs is 1. The van der Waals surface area contributed by atoms with Crippen molar-refractivity contribution >= 4 is 39.3 Å². The van der Waals surface area contributed by atoms with Crippen molar-refractivity contribution in [1.82, 2.24) is 4.57 Å². The zero-order valence-electron chi connectivity index (χ0n) is 21.8. The first-order valence-electron chi connectivity index (χ1n) is 11.6. The number of benzene rings is 2. The fourth-order valence-corrected chi connectivity index (χ4v) is 5.97. The van der Waals surface area contributed by atoms with Crippen molar-refractivity contribution in [2.75, 3.05) is 35.0 Å². The molecule has 0 bridgehead atoms. The van der Waals surface area contributed by atoms with E-state index in [1.807, 2.05) is 6.07 Å². The molecule has 4 rings (SSSR count). The molecule has 38 heavy (non-hydrogen) atoms. The van der Waals surface area contributed by atoms with E-state index in [0.29, 0.717) is 48.1 Å². The average Bonchev–Trinajstić information content (AvgIpc) is 3.21. The molecule has 2 aromatic carbocycles. The van der Waals surface area contributed by atoms with Crippen molar-refractivity contribution in [2.24, 2.45) is 4.99 Å². The minimum atomic E-state index is -0.774. The fraction of sp³-hybridized carbons (Fsp3) is 0.296. The van der Waals surface area contributed by atoms with Crippen LogP contribution in [-0.4, -0.2) is 45.6 Å². The van der Waals surface area contributed by atoms with Gasteiger partial charge in [0.2, 0.25) is 0 Å². The van der Waals surface area contributed by atoms with E-state index in [2.05, 4.69) is 20.9 Å². The van der Waals surface area contributed by atoms with Crippen LogP contribution in [0.15, 0.2) is 55.9 Å². The molecule has 0 saturated carbocycles. The van der Waals surface area contributed by atoms with Crippen LogP contribution in [0, 0.1) is 0 Å². The van der Waals surface area contributed by atoms with Gasteiger partial charge in [0, 0.05) is 0 Å². The highest BCUT2D eigenvalue weighted by atomic mass is 79.9. The van der Waals surface area contributed by atoms with Gasteiger partial charge in [-0.1, -0.05) is 17.4 Å². The normalized spacial score (nSPS) is 15.0. The van der Waals surface area contributed by atoms with Crippen LogP contribution in [-0.2, 0) is 9.53 Å². The molecule has 0 amide bonds. The molecule has 3 aromatic rings. The molecule has 1 aliphatic rings. The summed E-state index contributed by atoms with van der Waals surface area (Å²) < 4.78 is 29.7. The Morgan fingerprint density at radius 3 is 2.39 bits per heavy atom. The zero-order chi connectivity index (χ0) is 27.6. The predicted molar refractivity (Wildman–Crippen MR) is 147 cm³/mol. The lowest BCUT2D eigenvalue weighted by Crippen LogP contribution is -2.40. The van der Waals surface area contributed by atoms with E-state index in [1.165, 1.54) is 23.0 Å². The zero-order valence-corrected chi connectivity index (χ0v) is 24.2. The van der Waals surface area contributed by atoms with E-state index >= 15 is 0 Å². The van der Waals surface area contributed by atoms with Crippen molar-refractivity contribution in [1.29, 1.82) is 0 Å². The summed E-state index contributed by atoms with van der Waals surface area (Å²) in [5.74, 6) is 1.53. The van der Waals surface area contributed by atoms with Crippen LogP contribution in [0.25, 0.3) is 6.08 Å². The number of ether oxygens (including phenoxy) is 5. The van der Waals surface area contributed by atoms with E-state index in [1.54, 1.807) is 65.5 Å². The summed E-state index contributed by atoms with van der Waals surface area (Å²) in [6.45, 7) is 3.66. The summed E-state index contributed by atoms with van der Waals surface area (Å²) in [4.78, 5) is 32.0. The number of hydrogen-bond donors (Lipinski definition) is 0. The van der Waals surface area contributed by atoms with Gasteiger partial charge in [-0.05, 0) is 71.2 Å². The average molecular weight is 603 g/mol. The van der Waals surface area contributed by atoms with Crippen LogP contribution in [0.2, 0.25) is 0 Å². The number of allylic oxidation sites excluding steroid dienone is 1. The van der Waals surface area contributed by atoms with Gasteiger partial charge in [-0.25, -0.2) is 9.79 Å². The third-order valence-corrected chi connectivity index (χ3v) is 7.57. The number of esters is 1. The van der Waals surface area contributed by atoms with Crippen molar-refractivity contribution < 1.29 is 28.5 Å². The Labute approximate surface area is 231 Å². The Morgan fingerprint density at radius 1 is 1.05 bits per heavy atom. The second kappa shape index (κ2) is 11.4. The molecule has 9 nitrogen and oxygen atoms in total. The maximum atomic E-state index is 13.9. The number of carbonyl (C=O) groups is 1. The first-order valence-corrected chi connectivity index (χ1v) is 13.2. The summed E-state index contributed by atoms with van der Waals surface area (Å²) in [5, 5.41) is 0. The van der Waals surface area contributed by atoms with Crippen molar-refractivity contribution in [2.45, 2.75) is 19.9 Å². The predicted octanol–water partition coefficient (Wildman–Crippen LogP) is 3.60. The number of carbonyl (C=O) groups excluding carboxylic acids is 1. The molecule has 0 saturated heterocycles. The van der Waals surface area contributed by atoms with Gasteiger partial charge in [0.25, 0.3) is 5.56 Å². The van der Waals surface area contributed by atoms with E-state index in [0.717, 1.165) is 5.56 Å². The number of halogens is 1. The van der Waals surface area contributed by atoms with E-state index in [-0.39, 0.29) is 17.7 Å². The third-order valence-electron chi connectivity index (χ3n) is 5.99. The molecule has 2 heterocycles. The molecule has 0 radical (unpaired) electrons. The fourth-order valence-electron chi connectivity index (χ4n) is 4.30. The molecular formula is C27H27BrN2O7S. The molecule has 11 heteroatoms. The summed E-state index contributed by atoms with van der Waals surface area (Å²) in [6, 6.07) is 8.13. The largest absolute Gasteiger partial charge is 0.493 e. The van der Waals surface area contributed by atoms with Gasteiger partial charge >= 0.3 is 5.97 Å². The third kappa shape index (κ3) is 4.95. The van der Waals surface area contributed by atoms with Crippen LogP contribution in [0.4, 0.5) is 0 Å². The number of hydrogen-bond acceptors (Lipinski definition) is 9. The van der Waals surface area contributed by atoms with Gasteiger partial charge in [-0.3, -0.25) is 9.36 Å². The number of aromatic nitrogens is 1. The van der Waals surface area contributed by atoms with Crippen molar-refractivity contribution in [3.05, 3.63) is 76.9 Å². The van der Waals surface area contributed by atoms with Crippen LogP contribution in [0.1, 0.15) is 31.0 Å². The number of methoxy groups -OCH3 is 4. The quantitative estimate of drug-likeness (QED) is 0.363. The minimum absolute atomic E-state index is 0.187. The monoisotopic (exact) mass is 602 g/mol. The smallest absolute Gasteiger partial charge is 0.338 e. The van der Waals surface area contributed by atoms with Crippen LogP contribution in [0.3, 0.4) is 0 Å². The Bertz CT molecular complexity index is 1610. The summed E-state index contributed by atoms with van der Waals surface area (Å²) in [5.41, 5.74) is 1.84. The highest BCUT2D eigenvalue weighted by Gasteiger charge is 2.34. The molecular weight excluding hydrogens is 576 g/mol. The summed E-state index contributed by atoms with van der Waals surface area (Å²) in [6.07, 6.45) is 1.76. The first kappa shape index (κ1) is 27.5. The lowest BCUT2D eigenvalue weighted by Gasteiger charge is -2.25. The van der Waals surface area contributed by atoms with Gasteiger partial charge in [-0.2, -0.15) is 0 Å². The maximum absolute atomic E-state index is 13.9. The molecule has 0 unspecified atom stereocenters. The molecule has 0 spiro atoms. The summed E-state index contributed by atoms with van der Waals surface area (Å²) >= 11 is 4.73. The highest BCUT2D eigenvalue weighted by Crippen LogP contribution is 2.37. The van der Waals surface area contributed by atoms with Crippen molar-refractivity contribution in [3.8, 4) is 23.0 Å². The van der Waals surface area contributed by atoms with Gasteiger partial charge in [0.05, 0.1) is 61.4 Å². The number of nitrogens with zero attached hydrogens (tertiary/aromatic N) is 2. The van der Waals surface area contributed by atoms with Gasteiger partial charge in [0.15, 0.2) is 27.8 Å². The topological polar surface area (TPSA) is 97.6 Å². The highest BCUT2D eigenvalue weighted by molar-refractivity contribution is 9.10. The number of thiazole rings is 1. The molecule has 200 valence electrons. The summed E-state index contributed by atoms with van der Waals surface area (Å²) in [7, 11) is 6.17. The minimum Gasteiger partial charge on any atom is -0.493 e. The number of rotatable bonds is 8. The molecule has 1 atom stereocenters. The van der Waals surface area contributed by atoms with Crippen LogP contribution < -0.4 is 33.8 Å². The second-order valence-corrected chi connectivity index (χ2v) is 10.0. The van der Waals surface area contributed by atoms with E-state index in [9.17, 15) is 9.59 Å².